The number of piperidine rings is 1. The van der Waals surface area contributed by atoms with Crippen LogP contribution in [0.3, 0.4) is 0 Å². The maximum Gasteiger partial charge on any atom is 0.151 e. The molecule has 0 radical (unpaired) electrons. The van der Waals surface area contributed by atoms with Gasteiger partial charge in [0.25, 0.3) is 0 Å². The Morgan fingerprint density at radius 1 is 1.26 bits per heavy atom. The summed E-state index contributed by atoms with van der Waals surface area (Å²) in [5, 5.41) is 0. The van der Waals surface area contributed by atoms with E-state index in [2.05, 4.69) is 11.8 Å². The normalized spacial score (nSPS) is 17.7. The first-order chi connectivity index (χ1) is 9.02. The van der Waals surface area contributed by atoms with Crippen molar-refractivity contribution in [3.63, 3.8) is 0 Å². The van der Waals surface area contributed by atoms with E-state index in [9.17, 15) is 8.78 Å². The molecule has 0 bridgehead atoms. The summed E-state index contributed by atoms with van der Waals surface area (Å²) in [6.45, 7) is 5.11. The fourth-order valence-corrected chi connectivity index (χ4v) is 2.73. The molecule has 0 atom stereocenters. The summed E-state index contributed by atoms with van der Waals surface area (Å²) in [6.07, 6.45) is 1.85. The first kappa shape index (κ1) is 14.1. The summed E-state index contributed by atoms with van der Waals surface area (Å²) < 4.78 is 27.8. The van der Waals surface area contributed by atoms with Gasteiger partial charge in [0, 0.05) is 31.9 Å². The number of rotatable bonds is 3. The standard InChI is InChI=1S/C14H21F2N3/c1-3-19-6-4-11(5-7-19)18(2)14-12(15)8-10(17)9-13(14)16/h8-9,11H,3-7,17H2,1-2H3. The van der Waals surface area contributed by atoms with Crippen LogP contribution in [0.25, 0.3) is 0 Å². The highest BCUT2D eigenvalue weighted by Gasteiger charge is 2.25. The number of nitrogens with zero attached hydrogens (tertiary/aromatic N) is 2. The largest absolute Gasteiger partial charge is 0.399 e. The predicted octanol–water partition coefficient (Wildman–Crippen LogP) is 2.47. The van der Waals surface area contributed by atoms with E-state index in [1.54, 1.807) is 11.9 Å². The third kappa shape index (κ3) is 2.97. The molecule has 1 aliphatic rings. The number of hydrogen-bond acceptors (Lipinski definition) is 3. The zero-order valence-corrected chi connectivity index (χ0v) is 11.5. The number of nitrogens with two attached hydrogens (primary N) is 1. The van der Waals surface area contributed by atoms with Crippen molar-refractivity contribution in [2.45, 2.75) is 25.8 Å². The summed E-state index contributed by atoms with van der Waals surface area (Å²) in [6, 6.07) is 2.53. The minimum absolute atomic E-state index is 0.0316. The van der Waals surface area contributed by atoms with E-state index in [0.717, 1.165) is 32.5 Å². The Morgan fingerprint density at radius 3 is 2.26 bits per heavy atom. The Bertz CT molecular complexity index is 419. The SMILES string of the molecule is CCN1CCC(N(C)c2c(F)cc(N)cc2F)CC1. The molecule has 0 amide bonds. The maximum absolute atomic E-state index is 13.9. The van der Waals surface area contributed by atoms with Crippen LogP contribution in [0.15, 0.2) is 12.1 Å². The van der Waals surface area contributed by atoms with E-state index < -0.39 is 11.6 Å². The number of benzene rings is 1. The van der Waals surface area contributed by atoms with Crippen LogP contribution in [0.1, 0.15) is 19.8 Å². The lowest BCUT2D eigenvalue weighted by Crippen LogP contribution is -2.43. The molecule has 5 heteroatoms. The highest BCUT2D eigenvalue weighted by Crippen LogP contribution is 2.29. The number of halogens is 2. The van der Waals surface area contributed by atoms with Crippen LogP contribution in [0, 0.1) is 11.6 Å². The van der Waals surface area contributed by atoms with E-state index in [0.29, 0.717) is 0 Å². The highest BCUT2D eigenvalue weighted by molar-refractivity contribution is 5.56. The molecule has 19 heavy (non-hydrogen) atoms. The van der Waals surface area contributed by atoms with Gasteiger partial charge in [0.1, 0.15) is 5.69 Å². The molecule has 1 aromatic rings. The first-order valence-corrected chi connectivity index (χ1v) is 6.72. The van der Waals surface area contributed by atoms with Crippen molar-refractivity contribution in [1.29, 1.82) is 0 Å². The van der Waals surface area contributed by atoms with Gasteiger partial charge in [-0.2, -0.15) is 0 Å². The van der Waals surface area contributed by atoms with E-state index in [1.165, 1.54) is 12.1 Å². The summed E-state index contributed by atoms with van der Waals surface area (Å²) >= 11 is 0. The lowest BCUT2D eigenvalue weighted by atomic mass is 10.0. The second-order valence-corrected chi connectivity index (χ2v) is 5.11. The Balaban J connectivity index is 2.14. The quantitative estimate of drug-likeness (QED) is 0.856. The van der Waals surface area contributed by atoms with Gasteiger partial charge in [-0.1, -0.05) is 6.92 Å². The van der Waals surface area contributed by atoms with E-state index in [1.807, 2.05) is 0 Å². The van der Waals surface area contributed by atoms with Crippen molar-refractivity contribution in [1.82, 2.24) is 4.90 Å². The van der Waals surface area contributed by atoms with E-state index >= 15 is 0 Å². The van der Waals surface area contributed by atoms with Gasteiger partial charge in [-0.3, -0.25) is 0 Å². The maximum atomic E-state index is 13.9. The molecule has 1 aliphatic heterocycles. The van der Waals surface area contributed by atoms with Crippen LogP contribution < -0.4 is 10.6 Å². The molecular formula is C14H21F2N3. The fraction of sp³-hybridized carbons (Fsp3) is 0.571. The van der Waals surface area contributed by atoms with Crippen LogP contribution >= 0.6 is 0 Å². The Labute approximate surface area is 113 Å². The zero-order valence-electron chi connectivity index (χ0n) is 11.5. The number of hydrogen-bond donors (Lipinski definition) is 1. The summed E-state index contributed by atoms with van der Waals surface area (Å²) in [7, 11) is 1.75. The average Bonchev–Trinajstić information content (AvgIpc) is 2.37. The number of nitrogen functional groups attached to an aromatic ring is 1. The van der Waals surface area contributed by atoms with Crippen LogP contribution in [-0.2, 0) is 0 Å². The zero-order chi connectivity index (χ0) is 14.0. The molecule has 1 aromatic carbocycles. The summed E-state index contributed by atoms with van der Waals surface area (Å²) in [5.41, 5.74) is 5.59. The molecule has 2 N–H and O–H groups in total. The molecule has 0 aromatic heterocycles. The molecule has 2 rings (SSSR count). The van der Waals surface area contributed by atoms with Gasteiger partial charge in [0.05, 0.1) is 0 Å². The molecule has 1 heterocycles. The van der Waals surface area contributed by atoms with Gasteiger partial charge in [-0.05, 0) is 31.5 Å². The van der Waals surface area contributed by atoms with Crippen molar-refractivity contribution >= 4 is 11.4 Å². The van der Waals surface area contributed by atoms with Crippen molar-refractivity contribution in [3.8, 4) is 0 Å². The topological polar surface area (TPSA) is 32.5 Å². The molecule has 0 unspecified atom stereocenters. The van der Waals surface area contributed by atoms with E-state index in [-0.39, 0.29) is 17.4 Å². The van der Waals surface area contributed by atoms with Gasteiger partial charge < -0.3 is 15.5 Å². The van der Waals surface area contributed by atoms with Gasteiger partial charge >= 0.3 is 0 Å². The number of likely N-dealkylation sites (tertiary alicyclic amines) is 1. The van der Waals surface area contributed by atoms with E-state index in [4.69, 9.17) is 5.73 Å². The minimum Gasteiger partial charge on any atom is -0.399 e. The fourth-order valence-electron chi connectivity index (χ4n) is 2.73. The van der Waals surface area contributed by atoms with Gasteiger partial charge in [-0.25, -0.2) is 8.78 Å². The second-order valence-electron chi connectivity index (χ2n) is 5.11. The molecule has 0 aliphatic carbocycles. The monoisotopic (exact) mass is 269 g/mol. The van der Waals surface area contributed by atoms with Gasteiger partial charge in [-0.15, -0.1) is 0 Å². The van der Waals surface area contributed by atoms with Gasteiger partial charge in [0.15, 0.2) is 11.6 Å². The Kier molecular flexibility index (Phi) is 4.24. The lowest BCUT2D eigenvalue weighted by molar-refractivity contribution is 0.220. The molecule has 1 fully saturated rings. The molecule has 3 nitrogen and oxygen atoms in total. The Morgan fingerprint density at radius 2 is 1.79 bits per heavy atom. The van der Waals surface area contributed by atoms with Gasteiger partial charge in [0.2, 0.25) is 0 Å². The lowest BCUT2D eigenvalue weighted by Gasteiger charge is -2.37. The second kappa shape index (κ2) is 5.74. The van der Waals surface area contributed by atoms with Crippen molar-refractivity contribution in [2.24, 2.45) is 0 Å². The van der Waals surface area contributed by atoms with Crippen LogP contribution in [0.5, 0.6) is 0 Å². The van der Waals surface area contributed by atoms with Crippen molar-refractivity contribution in [2.75, 3.05) is 37.3 Å². The van der Waals surface area contributed by atoms with Crippen LogP contribution in [0.2, 0.25) is 0 Å². The van der Waals surface area contributed by atoms with Crippen LogP contribution in [-0.4, -0.2) is 37.6 Å². The van der Waals surface area contributed by atoms with Crippen molar-refractivity contribution in [3.05, 3.63) is 23.8 Å². The smallest absolute Gasteiger partial charge is 0.151 e. The van der Waals surface area contributed by atoms with Crippen LogP contribution in [0.4, 0.5) is 20.2 Å². The minimum atomic E-state index is -0.585. The number of anilines is 2. The summed E-state index contributed by atoms with van der Waals surface area (Å²) in [4.78, 5) is 4.07. The first-order valence-electron chi connectivity index (χ1n) is 6.72. The third-order valence-corrected chi connectivity index (χ3v) is 3.94. The third-order valence-electron chi connectivity index (χ3n) is 3.94. The highest BCUT2D eigenvalue weighted by atomic mass is 19.1. The van der Waals surface area contributed by atoms with Crippen molar-refractivity contribution < 1.29 is 8.78 Å². The molecular weight excluding hydrogens is 248 g/mol. The average molecular weight is 269 g/mol. The Hall–Kier alpha value is -1.36. The predicted molar refractivity (Wildman–Crippen MR) is 74.3 cm³/mol. The molecule has 0 spiro atoms. The molecule has 106 valence electrons. The molecule has 0 saturated carbocycles. The summed E-state index contributed by atoms with van der Waals surface area (Å²) in [5.74, 6) is -1.17. The molecule has 1 saturated heterocycles.